The van der Waals surface area contributed by atoms with Crippen molar-refractivity contribution in [3.63, 3.8) is 0 Å². The number of piperidine rings is 1. The summed E-state index contributed by atoms with van der Waals surface area (Å²) in [5.74, 6) is 0.596. The van der Waals surface area contributed by atoms with Crippen molar-refractivity contribution in [3.8, 4) is 5.75 Å². The quantitative estimate of drug-likeness (QED) is 0.733. The summed E-state index contributed by atoms with van der Waals surface area (Å²) in [7, 11) is 0. The number of carbonyl (C=O) groups is 1. The van der Waals surface area contributed by atoms with Crippen molar-refractivity contribution in [1.82, 2.24) is 4.90 Å². The molecule has 2 aliphatic rings. The van der Waals surface area contributed by atoms with E-state index >= 15 is 0 Å². The number of ether oxygens (including phenoxy) is 3. The van der Waals surface area contributed by atoms with Gasteiger partial charge in [0.15, 0.2) is 5.79 Å². The molecule has 1 amide bonds. The second-order valence-electron chi connectivity index (χ2n) is 5.90. The van der Waals surface area contributed by atoms with Crippen LogP contribution in [0.4, 0.5) is 0 Å². The Labute approximate surface area is 145 Å². The van der Waals surface area contributed by atoms with Gasteiger partial charge in [-0.1, -0.05) is 22.0 Å². The van der Waals surface area contributed by atoms with Crippen LogP contribution in [-0.2, 0) is 14.3 Å². The highest BCUT2D eigenvalue weighted by Crippen LogP contribution is 2.31. The largest absolute Gasteiger partial charge is 0.494 e. The summed E-state index contributed by atoms with van der Waals surface area (Å²) in [5.41, 5.74) is 0. The number of carbonyl (C=O) groups excluding carboxylic acids is 1. The lowest BCUT2D eigenvalue weighted by Crippen LogP contribution is -2.47. The maximum absolute atomic E-state index is 12.2. The van der Waals surface area contributed by atoms with Gasteiger partial charge in [0, 0.05) is 36.8 Å². The van der Waals surface area contributed by atoms with Gasteiger partial charge in [-0.3, -0.25) is 4.79 Å². The molecule has 0 radical (unpaired) electrons. The minimum absolute atomic E-state index is 0.190. The van der Waals surface area contributed by atoms with Gasteiger partial charge in [0.2, 0.25) is 5.91 Å². The molecule has 1 aromatic rings. The lowest BCUT2D eigenvalue weighted by molar-refractivity contribution is -0.187. The smallest absolute Gasteiger partial charge is 0.222 e. The summed E-state index contributed by atoms with van der Waals surface area (Å²) in [6, 6.07) is 7.73. The Kier molecular flexibility index (Phi) is 5.56. The van der Waals surface area contributed by atoms with Gasteiger partial charge < -0.3 is 19.1 Å². The van der Waals surface area contributed by atoms with Crippen LogP contribution in [0, 0.1) is 0 Å². The molecule has 1 aromatic carbocycles. The third-order valence-corrected chi connectivity index (χ3v) is 4.78. The second kappa shape index (κ2) is 7.64. The summed E-state index contributed by atoms with van der Waals surface area (Å²) in [4.78, 5) is 14.2. The van der Waals surface area contributed by atoms with E-state index in [1.165, 1.54) is 0 Å². The monoisotopic (exact) mass is 383 g/mol. The normalized spacial score (nSPS) is 20.0. The second-order valence-corrected chi connectivity index (χ2v) is 6.81. The zero-order chi connectivity index (χ0) is 16.1. The average Bonchev–Trinajstić information content (AvgIpc) is 3.00. The van der Waals surface area contributed by atoms with Crippen LogP contribution >= 0.6 is 15.9 Å². The fourth-order valence-electron chi connectivity index (χ4n) is 3.01. The van der Waals surface area contributed by atoms with Crippen LogP contribution < -0.4 is 4.74 Å². The van der Waals surface area contributed by atoms with Crippen molar-refractivity contribution < 1.29 is 19.0 Å². The Morgan fingerprint density at radius 2 is 2.00 bits per heavy atom. The maximum atomic E-state index is 12.2. The van der Waals surface area contributed by atoms with E-state index in [4.69, 9.17) is 14.2 Å². The van der Waals surface area contributed by atoms with Gasteiger partial charge in [-0.15, -0.1) is 0 Å². The summed E-state index contributed by atoms with van der Waals surface area (Å²) in [6.45, 7) is 3.31. The van der Waals surface area contributed by atoms with Crippen molar-refractivity contribution >= 4 is 21.8 Å². The molecule has 0 aromatic heterocycles. The number of rotatable bonds is 5. The third-order valence-electron chi connectivity index (χ3n) is 4.29. The first kappa shape index (κ1) is 16.7. The third kappa shape index (κ3) is 4.46. The SMILES string of the molecule is O=C(CCCOc1cccc(Br)c1)N1CCC2(CC1)OCCO2. The standard InChI is InChI=1S/C17H22BrNO4/c18-14-3-1-4-15(13-14)21-10-2-5-16(20)19-8-6-17(7-9-19)22-11-12-23-17/h1,3-4,13H,2,5-12H2. The molecule has 3 rings (SSSR count). The number of hydrogen-bond donors (Lipinski definition) is 0. The fraction of sp³-hybridized carbons (Fsp3) is 0.588. The Balaban J connectivity index is 1.35. The summed E-state index contributed by atoms with van der Waals surface area (Å²) < 4.78 is 18.0. The molecule has 0 N–H and O–H groups in total. The van der Waals surface area contributed by atoms with E-state index in [-0.39, 0.29) is 5.91 Å². The molecule has 23 heavy (non-hydrogen) atoms. The van der Waals surface area contributed by atoms with Crippen molar-refractivity contribution in [2.24, 2.45) is 0 Å². The molecule has 0 saturated carbocycles. The van der Waals surface area contributed by atoms with Gasteiger partial charge in [-0.05, 0) is 24.6 Å². The van der Waals surface area contributed by atoms with Crippen LogP contribution in [0.2, 0.25) is 0 Å². The molecule has 0 aliphatic carbocycles. The zero-order valence-corrected chi connectivity index (χ0v) is 14.7. The Morgan fingerprint density at radius 1 is 1.26 bits per heavy atom. The van der Waals surface area contributed by atoms with Gasteiger partial charge in [0.25, 0.3) is 0 Å². The van der Waals surface area contributed by atoms with Crippen LogP contribution in [0.25, 0.3) is 0 Å². The van der Waals surface area contributed by atoms with Gasteiger partial charge in [-0.25, -0.2) is 0 Å². The molecule has 126 valence electrons. The Bertz CT molecular complexity index is 535. The minimum atomic E-state index is -0.416. The lowest BCUT2D eigenvalue weighted by Gasteiger charge is -2.37. The van der Waals surface area contributed by atoms with E-state index in [0.29, 0.717) is 39.3 Å². The number of nitrogens with zero attached hydrogens (tertiary/aromatic N) is 1. The van der Waals surface area contributed by atoms with E-state index in [2.05, 4.69) is 15.9 Å². The molecule has 2 fully saturated rings. The Hall–Kier alpha value is -1.11. The average molecular weight is 384 g/mol. The van der Waals surface area contributed by atoms with Crippen LogP contribution in [0.1, 0.15) is 25.7 Å². The lowest BCUT2D eigenvalue weighted by atomic mass is 10.0. The highest BCUT2D eigenvalue weighted by molar-refractivity contribution is 9.10. The first-order valence-electron chi connectivity index (χ1n) is 8.11. The highest BCUT2D eigenvalue weighted by atomic mass is 79.9. The molecular weight excluding hydrogens is 362 g/mol. The maximum Gasteiger partial charge on any atom is 0.222 e. The molecule has 2 aliphatic heterocycles. The van der Waals surface area contributed by atoms with Crippen molar-refractivity contribution in [1.29, 1.82) is 0 Å². The van der Waals surface area contributed by atoms with Gasteiger partial charge >= 0.3 is 0 Å². The minimum Gasteiger partial charge on any atom is -0.494 e. The molecule has 5 nitrogen and oxygen atoms in total. The summed E-state index contributed by atoms with van der Waals surface area (Å²) in [6.07, 6.45) is 2.78. The molecule has 0 bridgehead atoms. The summed E-state index contributed by atoms with van der Waals surface area (Å²) in [5, 5.41) is 0. The predicted octanol–water partition coefficient (Wildman–Crippen LogP) is 2.97. The van der Waals surface area contributed by atoms with Crippen molar-refractivity contribution in [3.05, 3.63) is 28.7 Å². The van der Waals surface area contributed by atoms with Crippen molar-refractivity contribution in [2.75, 3.05) is 32.9 Å². The van der Waals surface area contributed by atoms with E-state index in [1.54, 1.807) is 0 Å². The first-order valence-corrected chi connectivity index (χ1v) is 8.90. The van der Waals surface area contributed by atoms with Gasteiger partial charge in [0.1, 0.15) is 5.75 Å². The number of amides is 1. The molecule has 2 saturated heterocycles. The number of benzene rings is 1. The fourth-order valence-corrected chi connectivity index (χ4v) is 3.39. The number of hydrogen-bond acceptors (Lipinski definition) is 4. The summed E-state index contributed by atoms with van der Waals surface area (Å²) >= 11 is 3.41. The van der Waals surface area contributed by atoms with E-state index in [1.807, 2.05) is 29.2 Å². The molecule has 0 atom stereocenters. The predicted molar refractivity (Wildman–Crippen MR) is 89.3 cm³/mol. The van der Waals surface area contributed by atoms with Crippen LogP contribution in [-0.4, -0.2) is 49.5 Å². The van der Waals surface area contributed by atoms with E-state index in [0.717, 1.165) is 29.5 Å². The number of halogens is 1. The van der Waals surface area contributed by atoms with Crippen LogP contribution in [0.15, 0.2) is 28.7 Å². The van der Waals surface area contributed by atoms with Crippen molar-refractivity contribution in [2.45, 2.75) is 31.5 Å². The molecule has 6 heteroatoms. The zero-order valence-electron chi connectivity index (χ0n) is 13.1. The molecular formula is C17H22BrNO4. The van der Waals surface area contributed by atoms with Gasteiger partial charge in [-0.2, -0.15) is 0 Å². The highest BCUT2D eigenvalue weighted by Gasteiger charge is 2.40. The van der Waals surface area contributed by atoms with E-state index < -0.39 is 5.79 Å². The van der Waals surface area contributed by atoms with Gasteiger partial charge in [0.05, 0.1) is 19.8 Å². The van der Waals surface area contributed by atoms with E-state index in [9.17, 15) is 4.79 Å². The Morgan fingerprint density at radius 3 is 2.70 bits per heavy atom. The molecule has 2 heterocycles. The molecule has 0 unspecified atom stereocenters. The molecule has 1 spiro atoms. The first-order chi connectivity index (χ1) is 11.2. The topological polar surface area (TPSA) is 48.0 Å². The van der Waals surface area contributed by atoms with Crippen LogP contribution in [0.5, 0.6) is 5.75 Å². The van der Waals surface area contributed by atoms with Crippen LogP contribution in [0.3, 0.4) is 0 Å². The number of likely N-dealkylation sites (tertiary alicyclic amines) is 1.